The van der Waals surface area contributed by atoms with Crippen LogP contribution in [0.25, 0.3) is 5.69 Å². The molecule has 0 bridgehead atoms. The maximum atomic E-state index is 13.2. The molecule has 1 saturated carbocycles. The van der Waals surface area contributed by atoms with Gasteiger partial charge < -0.3 is 4.90 Å². The third kappa shape index (κ3) is 2.68. The van der Waals surface area contributed by atoms with Gasteiger partial charge >= 0.3 is 0 Å². The maximum Gasteiger partial charge on any atom is 0.268 e. The number of aryl methyl sites for hydroxylation is 1. The molecule has 4 nitrogen and oxygen atoms in total. The Morgan fingerprint density at radius 1 is 1.27 bits per heavy atom. The number of benzene rings is 1. The van der Waals surface area contributed by atoms with Crippen LogP contribution >= 0.6 is 0 Å². The summed E-state index contributed by atoms with van der Waals surface area (Å²) in [5.41, 5.74) is 3.11. The molecule has 2 aliphatic rings. The van der Waals surface area contributed by atoms with Gasteiger partial charge in [0.05, 0.1) is 0 Å². The Hall–Kier alpha value is -2.36. The Morgan fingerprint density at radius 3 is 2.69 bits per heavy atom. The molecule has 4 rings (SSSR count). The first-order valence-electron chi connectivity index (χ1n) is 9.42. The number of pyridine rings is 1. The van der Waals surface area contributed by atoms with Crippen molar-refractivity contribution in [2.24, 2.45) is 11.3 Å². The Balaban J connectivity index is 1.73. The minimum absolute atomic E-state index is 0.115. The van der Waals surface area contributed by atoms with Crippen molar-refractivity contribution < 1.29 is 4.79 Å². The van der Waals surface area contributed by atoms with Gasteiger partial charge in [-0.25, -0.2) is 0 Å². The van der Waals surface area contributed by atoms with Crippen LogP contribution in [0.5, 0.6) is 0 Å². The summed E-state index contributed by atoms with van der Waals surface area (Å²) >= 11 is 0. The molecular formula is C22H26N2O2. The van der Waals surface area contributed by atoms with Gasteiger partial charge in [-0.2, -0.15) is 0 Å². The standard InChI is InChI=1S/C22H26N2O2/c1-14(2)16-6-5-7-18(10-16)24-9-8-15(3)19(21(24)26)20(25)23-12-17-11-22(17,4)13-23/h5-10,14,17H,11-13H2,1-4H3/t17-,22+/m0/s1. The highest BCUT2D eigenvalue weighted by molar-refractivity contribution is 5.95. The number of likely N-dealkylation sites (tertiary alicyclic amines) is 1. The predicted molar refractivity (Wildman–Crippen MR) is 103 cm³/mol. The lowest BCUT2D eigenvalue weighted by Gasteiger charge is -2.21. The number of rotatable bonds is 3. The average Bonchev–Trinajstić information content (AvgIpc) is 3.11. The van der Waals surface area contributed by atoms with E-state index in [0.29, 0.717) is 17.4 Å². The average molecular weight is 350 g/mol. The second kappa shape index (κ2) is 5.83. The van der Waals surface area contributed by atoms with Crippen LogP contribution in [0.2, 0.25) is 0 Å². The Kier molecular flexibility index (Phi) is 3.83. The molecule has 2 aromatic rings. The number of hydrogen-bond acceptors (Lipinski definition) is 2. The molecule has 1 aliphatic heterocycles. The van der Waals surface area contributed by atoms with Gasteiger partial charge in [0.15, 0.2) is 0 Å². The summed E-state index contributed by atoms with van der Waals surface area (Å²) in [6.07, 6.45) is 2.98. The highest BCUT2D eigenvalue weighted by Gasteiger charge is 2.57. The number of nitrogens with zero attached hydrogens (tertiary/aromatic N) is 2. The van der Waals surface area contributed by atoms with E-state index >= 15 is 0 Å². The SMILES string of the molecule is Cc1ccn(-c2cccc(C(C)C)c2)c(=O)c1C(=O)N1C[C@@H]2C[C@]2(C)C1. The van der Waals surface area contributed by atoms with E-state index in [2.05, 4.69) is 26.8 Å². The third-order valence-corrected chi connectivity index (χ3v) is 6.15. The summed E-state index contributed by atoms with van der Waals surface area (Å²) in [6.45, 7) is 9.90. The van der Waals surface area contributed by atoms with Crippen molar-refractivity contribution in [2.45, 2.75) is 40.0 Å². The molecule has 2 fully saturated rings. The predicted octanol–water partition coefficient (Wildman–Crippen LogP) is 3.75. The minimum atomic E-state index is -0.221. The lowest BCUT2D eigenvalue weighted by Crippen LogP contribution is -2.37. The van der Waals surface area contributed by atoms with E-state index in [4.69, 9.17) is 0 Å². The second-order valence-corrected chi connectivity index (χ2v) is 8.54. The molecule has 4 heteroatoms. The highest BCUT2D eigenvalue weighted by Crippen LogP contribution is 2.57. The van der Waals surface area contributed by atoms with E-state index in [9.17, 15) is 9.59 Å². The summed E-state index contributed by atoms with van der Waals surface area (Å²) in [5, 5.41) is 0. The summed E-state index contributed by atoms with van der Waals surface area (Å²) in [7, 11) is 0. The van der Waals surface area contributed by atoms with Gasteiger partial charge in [-0.15, -0.1) is 0 Å². The number of piperidine rings is 1. The fourth-order valence-corrected chi connectivity index (χ4v) is 4.19. The van der Waals surface area contributed by atoms with Crippen LogP contribution in [0, 0.1) is 18.3 Å². The molecular weight excluding hydrogens is 324 g/mol. The van der Waals surface area contributed by atoms with Gasteiger partial charge in [-0.05, 0) is 59.9 Å². The first kappa shape index (κ1) is 17.1. The monoisotopic (exact) mass is 350 g/mol. The van der Waals surface area contributed by atoms with Gasteiger partial charge in [0, 0.05) is 25.0 Å². The van der Waals surface area contributed by atoms with E-state index in [1.807, 2.05) is 36.1 Å². The maximum absolute atomic E-state index is 13.2. The number of aromatic nitrogens is 1. The molecule has 1 aromatic heterocycles. The van der Waals surface area contributed by atoms with E-state index in [1.165, 1.54) is 12.0 Å². The number of amides is 1. The normalized spacial score (nSPS) is 24.0. The van der Waals surface area contributed by atoms with E-state index < -0.39 is 0 Å². The van der Waals surface area contributed by atoms with Gasteiger partial charge in [-0.1, -0.05) is 32.9 Å². The van der Waals surface area contributed by atoms with Gasteiger partial charge in [0.2, 0.25) is 0 Å². The largest absolute Gasteiger partial charge is 0.338 e. The molecule has 1 aliphatic carbocycles. The minimum Gasteiger partial charge on any atom is -0.338 e. The van der Waals surface area contributed by atoms with Crippen molar-refractivity contribution >= 4 is 5.91 Å². The van der Waals surface area contributed by atoms with Crippen LogP contribution < -0.4 is 5.56 Å². The fraction of sp³-hybridized carbons (Fsp3) is 0.455. The fourth-order valence-electron chi connectivity index (χ4n) is 4.19. The van der Waals surface area contributed by atoms with Crippen LogP contribution in [0.15, 0.2) is 41.3 Å². The van der Waals surface area contributed by atoms with Crippen molar-refractivity contribution in [1.29, 1.82) is 0 Å². The van der Waals surface area contributed by atoms with Crippen molar-refractivity contribution in [3.63, 3.8) is 0 Å². The zero-order valence-electron chi connectivity index (χ0n) is 16.0. The summed E-state index contributed by atoms with van der Waals surface area (Å²) < 4.78 is 1.60. The smallest absolute Gasteiger partial charge is 0.268 e. The van der Waals surface area contributed by atoms with E-state index in [1.54, 1.807) is 10.8 Å². The molecule has 1 aromatic carbocycles. The summed E-state index contributed by atoms with van der Waals surface area (Å²) in [6, 6.07) is 9.85. The van der Waals surface area contributed by atoms with Crippen LogP contribution in [0.3, 0.4) is 0 Å². The molecule has 0 spiro atoms. The van der Waals surface area contributed by atoms with Gasteiger partial charge in [0.25, 0.3) is 11.5 Å². The van der Waals surface area contributed by atoms with Gasteiger partial charge in [-0.3, -0.25) is 14.2 Å². The van der Waals surface area contributed by atoms with Crippen molar-refractivity contribution in [1.82, 2.24) is 9.47 Å². The summed E-state index contributed by atoms with van der Waals surface area (Å²) in [5.74, 6) is 0.880. The molecule has 0 N–H and O–H groups in total. The Bertz CT molecular complexity index is 943. The lowest BCUT2D eigenvalue weighted by atomic mass is 10.0. The van der Waals surface area contributed by atoms with E-state index in [-0.39, 0.29) is 16.9 Å². The first-order valence-corrected chi connectivity index (χ1v) is 9.42. The number of carbonyl (C=O) groups excluding carboxylic acids is 1. The van der Waals surface area contributed by atoms with Crippen LogP contribution in [0.1, 0.15) is 54.6 Å². The molecule has 0 radical (unpaired) electrons. The molecule has 26 heavy (non-hydrogen) atoms. The van der Waals surface area contributed by atoms with E-state index in [0.717, 1.165) is 24.3 Å². The van der Waals surface area contributed by atoms with Crippen LogP contribution in [-0.2, 0) is 0 Å². The number of fused-ring (bicyclic) bond motifs is 1. The molecule has 1 saturated heterocycles. The Morgan fingerprint density at radius 2 is 2.04 bits per heavy atom. The third-order valence-electron chi connectivity index (χ3n) is 6.15. The summed E-state index contributed by atoms with van der Waals surface area (Å²) in [4.78, 5) is 28.1. The zero-order valence-corrected chi connectivity index (χ0v) is 16.0. The van der Waals surface area contributed by atoms with Crippen molar-refractivity contribution in [2.75, 3.05) is 13.1 Å². The Labute approximate surface area is 154 Å². The molecule has 2 atom stereocenters. The molecule has 2 heterocycles. The molecule has 1 amide bonds. The van der Waals surface area contributed by atoms with Gasteiger partial charge in [0.1, 0.15) is 5.56 Å². The topological polar surface area (TPSA) is 42.3 Å². The number of carbonyl (C=O) groups is 1. The molecule has 0 unspecified atom stereocenters. The van der Waals surface area contributed by atoms with Crippen molar-refractivity contribution in [3.8, 4) is 5.69 Å². The first-order chi connectivity index (χ1) is 12.3. The zero-order chi connectivity index (χ0) is 18.6. The van der Waals surface area contributed by atoms with Crippen molar-refractivity contribution in [3.05, 3.63) is 63.6 Å². The quantitative estimate of drug-likeness (QED) is 0.846. The molecule has 136 valence electrons. The lowest BCUT2D eigenvalue weighted by molar-refractivity contribution is 0.0764. The number of hydrogen-bond donors (Lipinski definition) is 0. The highest BCUT2D eigenvalue weighted by atomic mass is 16.2. The second-order valence-electron chi connectivity index (χ2n) is 8.54. The van der Waals surface area contributed by atoms with Crippen LogP contribution in [0.4, 0.5) is 0 Å². The van der Waals surface area contributed by atoms with Crippen LogP contribution in [-0.4, -0.2) is 28.5 Å².